The summed E-state index contributed by atoms with van der Waals surface area (Å²) in [7, 11) is 2.99. The predicted molar refractivity (Wildman–Crippen MR) is 98.5 cm³/mol. The maximum absolute atomic E-state index is 13.2. The van der Waals surface area contributed by atoms with Gasteiger partial charge in [0.05, 0.1) is 13.0 Å². The van der Waals surface area contributed by atoms with E-state index in [2.05, 4.69) is 5.32 Å². The molecule has 0 bridgehead atoms. The lowest BCUT2D eigenvalue weighted by Gasteiger charge is -2.34. The number of carbonyl (C=O) groups excluding carboxylic acids is 3. The lowest BCUT2D eigenvalue weighted by molar-refractivity contribution is -0.155. The van der Waals surface area contributed by atoms with E-state index in [1.807, 2.05) is 0 Å². The highest BCUT2D eigenvalue weighted by molar-refractivity contribution is 5.99. The highest BCUT2D eigenvalue weighted by Crippen LogP contribution is 2.56. The standard InChI is InChI=1S/C20H30N2O5/c1-26-12-6-10-21-16(23)13-15-18(24)22-11-5-8-14-7-3-4-9-20(15,17(14)22)19(25)27-2/h15H,3-13H2,1-2H3,(H,21,23)/t15-,20-/m1/s1. The summed E-state index contributed by atoms with van der Waals surface area (Å²) in [5.41, 5.74) is 1.07. The van der Waals surface area contributed by atoms with Crippen molar-refractivity contribution in [3.05, 3.63) is 11.3 Å². The van der Waals surface area contributed by atoms with Gasteiger partial charge < -0.3 is 19.7 Å². The molecule has 27 heavy (non-hydrogen) atoms. The Morgan fingerprint density at radius 2 is 2.00 bits per heavy atom. The molecule has 2 amide bonds. The summed E-state index contributed by atoms with van der Waals surface area (Å²) in [5.74, 6) is -1.33. The molecular formula is C20H30N2O5. The van der Waals surface area contributed by atoms with Gasteiger partial charge in [0.1, 0.15) is 5.41 Å². The van der Waals surface area contributed by atoms with Gasteiger partial charge in [0.15, 0.2) is 0 Å². The summed E-state index contributed by atoms with van der Waals surface area (Å²) in [4.78, 5) is 40.5. The van der Waals surface area contributed by atoms with Crippen LogP contribution < -0.4 is 5.32 Å². The first-order chi connectivity index (χ1) is 13.1. The fraction of sp³-hybridized carbons (Fsp3) is 0.750. The number of rotatable bonds is 7. The van der Waals surface area contributed by atoms with Crippen LogP contribution in [0.2, 0.25) is 0 Å². The topological polar surface area (TPSA) is 84.9 Å². The Balaban J connectivity index is 1.90. The van der Waals surface area contributed by atoms with Gasteiger partial charge in [0.25, 0.3) is 0 Å². The van der Waals surface area contributed by atoms with Crippen LogP contribution in [0.25, 0.3) is 0 Å². The molecule has 0 spiro atoms. The lowest BCUT2D eigenvalue weighted by atomic mass is 9.70. The van der Waals surface area contributed by atoms with Crippen LogP contribution in [-0.2, 0) is 23.9 Å². The van der Waals surface area contributed by atoms with Crippen molar-refractivity contribution in [2.75, 3.05) is 33.9 Å². The van der Waals surface area contributed by atoms with Crippen LogP contribution in [-0.4, -0.2) is 56.6 Å². The Labute approximate surface area is 160 Å². The van der Waals surface area contributed by atoms with Gasteiger partial charge >= 0.3 is 5.97 Å². The van der Waals surface area contributed by atoms with Gasteiger partial charge in [-0.3, -0.25) is 14.4 Å². The zero-order valence-electron chi connectivity index (χ0n) is 16.3. The van der Waals surface area contributed by atoms with Crippen molar-refractivity contribution in [2.45, 2.75) is 51.4 Å². The van der Waals surface area contributed by atoms with E-state index in [9.17, 15) is 14.4 Å². The molecule has 7 heteroatoms. The van der Waals surface area contributed by atoms with Crippen LogP contribution in [0.3, 0.4) is 0 Å². The van der Waals surface area contributed by atoms with Gasteiger partial charge in [-0.2, -0.15) is 0 Å². The minimum atomic E-state index is -0.998. The Bertz CT molecular complexity index is 644. The van der Waals surface area contributed by atoms with Gasteiger partial charge in [-0.05, 0) is 44.1 Å². The number of ether oxygens (including phenoxy) is 2. The van der Waals surface area contributed by atoms with E-state index in [0.717, 1.165) is 37.8 Å². The molecule has 1 aliphatic carbocycles. The fourth-order valence-corrected chi connectivity index (χ4v) is 4.98. The summed E-state index contributed by atoms with van der Waals surface area (Å²) < 4.78 is 10.2. The first-order valence-electron chi connectivity index (χ1n) is 9.94. The number of amides is 2. The third-order valence-electron chi connectivity index (χ3n) is 6.13. The summed E-state index contributed by atoms with van der Waals surface area (Å²) in [6, 6.07) is 0. The molecular weight excluding hydrogens is 348 g/mol. The van der Waals surface area contributed by atoms with Crippen molar-refractivity contribution < 1.29 is 23.9 Å². The molecule has 1 N–H and O–H groups in total. The van der Waals surface area contributed by atoms with Crippen LogP contribution in [0.4, 0.5) is 0 Å². The smallest absolute Gasteiger partial charge is 0.318 e. The number of esters is 1. The summed E-state index contributed by atoms with van der Waals surface area (Å²) in [5, 5.41) is 2.85. The summed E-state index contributed by atoms with van der Waals surface area (Å²) in [6.45, 7) is 1.69. The SMILES string of the molecule is COCCCNC(=O)C[C@@H]1C(=O)N2CCCC3=C2[C@@]1(C(=O)OC)CCCC3. The molecule has 0 radical (unpaired) electrons. The van der Waals surface area contributed by atoms with E-state index in [1.54, 1.807) is 12.0 Å². The lowest BCUT2D eigenvalue weighted by Crippen LogP contribution is -2.42. The molecule has 1 saturated heterocycles. The van der Waals surface area contributed by atoms with E-state index >= 15 is 0 Å². The van der Waals surface area contributed by atoms with E-state index in [1.165, 1.54) is 12.7 Å². The number of methoxy groups -OCH3 is 2. The van der Waals surface area contributed by atoms with Gasteiger partial charge in [0, 0.05) is 38.9 Å². The van der Waals surface area contributed by atoms with Crippen LogP contribution in [0.15, 0.2) is 11.3 Å². The molecule has 150 valence electrons. The Kier molecular flexibility index (Phi) is 6.19. The van der Waals surface area contributed by atoms with Gasteiger partial charge in [-0.1, -0.05) is 6.42 Å². The normalized spacial score (nSPS) is 27.3. The molecule has 0 unspecified atom stereocenters. The maximum atomic E-state index is 13.2. The minimum Gasteiger partial charge on any atom is -0.468 e. The number of hydrogen-bond acceptors (Lipinski definition) is 5. The number of nitrogens with zero attached hydrogens (tertiary/aromatic N) is 1. The van der Waals surface area contributed by atoms with Crippen LogP contribution >= 0.6 is 0 Å². The molecule has 1 fully saturated rings. The van der Waals surface area contributed by atoms with Crippen LogP contribution in [0, 0.1) is 11.3 Å². The van der Waals surface area contributed by atoms with Crippen molar-refractivity contribution in [1.82, 2.24) is 10.2 Å². The minimum absolute atomic E-state index is 0.0220. The van der Waals surface area contributed by atoms with Crippen LogP contribution in [0.5, 0.6) is 0 Å². The van der Waals surface area contributed by atoms with Crippen molar-refractivity contribution in [2.24, 2.45) is 11.3 Å². The number of carbonyl (C=O) groups is 3. The first kappa shape index (κ1) is 19.9. The first-order valence-corrected chi connectivity index (χ1v) is 9.94. The van der Waals surface area contributed by atoms with Crippen LogP contribution in [0.1, 0.15) is 51.4 Å². The third-order valence-corrected chi connectivity index (χ3v) is 6.13. The molecule has 0 saturated carbocycles. The maximum Gasteiger partial charge on any atom is 0.318 e. The average Bonchev–Trinajstić information content (AvgIpc) is 2.82. The molecule has 3 aliphatic rings. The van der Waals surface area contributed by atoms with E-state index in [-0.39, 0.29) is 24.2 Å². The Morgan fingerprint density at radius 3 is 2.74 bits per heavy atom. The van der Waals surface area contributed by atoms with Gasteiger partial charge in [0.2, 0.25) is 11.8 Å². The molecule has 7 nitrogen and oxygen atoms in total. The van der Waals surface area contributed by atoms with Gasteiger partial charge in [-0.15, -0.1) is 0 Å². The molecule has 2 heterocycles. The summed E-state index contributed by atoms with van der Waals surface area (Å²) in [6.07, 6.45) is 5.94. The highest BCUT2D eigenvalue weighted by atomic mass is 16.5. The van der Waals surface area contributed by atoms with E-state index in [4.69, 9.17) is 9.47 Å². The zero-order valence-corrected chi connectivity index (χ0v) is 16.3. The third kappa shape index (κ3) is 3.49. The molecule has 0 aromatic heterocycles. The predicted octanol–water partition coefficient (Wildman–Crippen LogP) is 1.77. The van der Waals surface area contributed by atoms with E-state index < -0.39 is 11.3 Å². The Hall–Kier alpha value is -1.89. The van der Waals surface area contributed by atoms with Gasteiger partial charge in [-0.25, -0.2) is 0 Å². The second kappa shape index (κ2) is 8.42. The number of nitrogens with one attached hydrogen (secondary N) is 1. The molecule has 2 atom stereocenters. The fourth-order valence-electron chi connectivity index (χ4n) is 4.98. The molecule has 3 rings (SSSR count). The number of allylic oxidation sites excluding steroid dienone is 1. The second-order valence-electron chi connectivity index (χ2n) is 7.67. The zero-order chi connectivity index (χ0) is 19.4. The number of hydrogen-bond donors (Lipinski definition) is 1. The second-order valence-corrected chi connectivity index (χ2v) is 7.67. The quantitative estimate of drug-likeness (QED) is 0.539. The largest absolute Gasteiger partial charge is 0.468 e. The van der Waals surface area contributed by atoms with Crippen molar-refractivity contribution in [3.63, 3.8) is 0 Å². The van der Waals surface area contributed by atoms with E-state index in [0.29, 0.717) is 32.5 Å². The van der Waals surface area contributed by atoms with Crippen molar-refractivity contribution in [3.8, 4) is 0 Å². The summed E-state index contributed by atoms with van der Waals surface area (Å²) >= 11 is 0. The Morgan fingerprint density at radius 1 is 1.22 bits per heavy atom. The van der Waals surface area contributed by atoms with Crippen molar-refractivity contribution >= 4 is 17.8 Å². The molecule has 2 aliphatic heterocycles. The van der Waals surface area contributed by atoms with Crippen molar-refractivity contribution in [1.29, 1.82) is 0 Å². The molecule has 0 aromatic carbocycles. The highest BCUT2D eigenvalue weighted by Gasteiger charge is 2.62. The monoisotopic (exact) mass is 378 g/mol. The average molecular weight is 378 g/mol. The molecule has 0 aromatic rings.